The third kappa shape index (κ3) is 2.76. The predicted molar refractivity (Wildman–Crippen MR) is 111 cm³/mol. The second-order valence-electron chi connectivity index (χ2n) is 11.2. The summed E-state index contributed by atoms with van der Waals surface area (Å²) in [5.41, 5.74) is -0.00898. The number of epoxide rings is 1. The summed E-state index contributed by atoms with van der Waals surface area (Å²) in [5, 5.41) is 16.1. The minimum absolute atomic E-state index is 0.113. The van der Waals surface area contributed by atoms with Gasteiger partial charge in [-0.25, -0.2) is 0 Å². The highest BCUT2D eigenvalue weighted by Crippen LogP contribution is 2.72. The molecule has 5 rings (SSSR count). The van der Waals surface area contributed by atoms with Crippen LogP contribution in [0.5, 0.6) is 0 Å². The van der Waals surface area contributed by atoms with Gasteiger partial charge in [0.25, 0.3) is 0 Å². The van der Waals surface area contributed by atoms with Gasteiger partial charge in [0, 0.05) is 6.42 Å². The molecule has 7 heteroatoms. The molecule has 4 aliphatic carbocycles. The molecule has 0 bridgehead atoms. The lowest BCUT2D eigenvalue weighted by molar-refractivity contribution is -0.137. The van der Waals surface area contributed by atoms with Crippen molar-refractivity contribution in [3.63, 3.8) is 0 Å². The summed E-state index contributed by atoms with van der Waals surface area (Å²) in [6.07, 6.45) is 7.69. The normalized spacial score (nSPS) is 52.2. The van der Waals surface area contributed by atoms with Gasteiger partial charge in [0.2, 0.25) is 0 Å². The van der Waals surface area contributed by atoms with Gasteiger partial charge >= 0.3 is 5.97 Å². The highest BCUT2D eigenvalue weighted by molar-refractivity contribution is 5.66. The molecule has 0 amide bonds. The molecule has 7 nitrogen and oxygen atoms in total. The van der Waals surface area contributed by atoms with Gasteiger partial charge in [-0.2, -0.15) is 9.81 Å². The Kier molecular flexibility index (Phi) is 4.84. The van der Waals surface area contributed by atoms with Gasteiger partial charge < -0.3 is 9.84 Å². The van der Waals surface area contributed by atoms with E-state index in [9.17, 15) is 14.6 Å². The third-order valence-electron chi connectivity index (χ3n) is 10.2. The summed E-state index contributed by atoms with van der Waals surface area (Å²) in [6, 6.07) is -0.309. The second-order valence-corrected chi connectivity index (χ2v) is 11.2. The number of carbonyl (C=O) groups is 1. The van der Waals surface area contributed by atoms with Crippen LogP contribution in [0.15, 0.2) is 10.4 Å². The zero-order valence-corrected chi connectivity index (χ0v) is 18.0. The number of nitrogens with zero attached hydrogens (tertiary/aromatic N) is 2. The van der Waals surface area contributed by atoms with Crippen LogP contribution in [0.1, 0.15) is 71.6 Å². The fraction of sp³-hybridized carbons (Fsp3) is 0.957. The van der Waals surface area contributed by atoms with Gasteiger partial charge in [-0.1, -0.05) is 24.2 Å². The van der Waals surface area contributed by atoms with Crippen molar-refractivity contribution < 1.29 is 14.6 Å². The van der Waals surface area contributed by atoms with Crippen molar-refractivity contribution in [3.8, 4) is 0 Å². The monoisotopic (exact) mass is 418 g/mol. The Hall–Kier alpha value is -1.37. The predicted octanol–water partition coefficient (Wildman–Crippen LogP) is 4.77. The molecule has 1 aliphatic heterocycles. The lowest BCUT2D eigenvalue weighted by Crippen LogP contribution is -2.58. The van der Waals surface area contributed by atoms with Crippen molar-refractivity contribution in [2.24, 2.45) is 51.3 Å². The molecule has 3 unspecified atom stereocenters. The van der Waals surface area contributed by atoms with Crippen molar-refractivity contribution >= 4 is 5.97 Å². The zero-order chi connectivity index (χ0) is 21.3. The summed E-state index contributed by atoms with van der Waals surface area (Å²) in [6.45, 7) is 4.56. The average molecular weight is 419 g/mol. The van der Waals surface area contributed by atoms with Crippen LogP contribution in [0, 0.1) is 50.7 Å². The second kappa shape index (κ2) is 7.07. The van der Waals surface area contributed by atoms with Crippen LogP contribution in [-0.4, -0.2) is 34.9 Å². The number of rotatable bonds is 6. The Morgan fingerprint density at radius 3 is 2.63 bits per heavy atom. The number of fused-ring (bicyclic) bond motifs is 4. The summed E-state index contributed by atoms with van der Waals surface area (Å²) in [7, 11) is 0. The fourth-order valence-corrected chi connectivity index (χ4v) is 8.78. The van der Waals surface area contributed by atoms with Crippen molar-refractivity contribution in [2.45, 2.75) is 95.4 Å². The van der Waals surface area contributed by atoms with E-state index < -0.39 is 5.97 Å². The first-order valence-electron chi connectivity index (χ1n) is 11.9. The largest absolute Gasteiger partial charge is 0.481 e. The highest BCUT2D eigenvalue weighted by Gasteiger charge is 2.76. The molecule has 11 atom stereocenters. The molecule has 166 valence electrons. The van der Waals surface area contributed by atoms with E-state index in [1.54, 1.807) is 0 Å². The first-order valence-corrected chi connectivity index (χ1v) is 11.9. The van der Waals surface area contributed by atoms with Crippen LogP contribution in [0.3, 0.4) is 0 Å². The van der Waals surface area contributed by atoms with Crippen LogP contribution >= 0.6 is 0 Å². The van der Waals surface area contributed by atoms with Gasteiger partial charge in [0.1, 0.15) is 5.60 Å². The standard InChI is InChI=1S/C23H34N2O5/c1-12(3-6-20(26)27)15-4-5-16-21-17(11-19-23(15,16)30-19)22(2)8-7-14(24-28)9-13(22)10-18(21)25-29/h12-19,21H,3-11H2,1-2H3,(H,26,27)/t12-,13+,14?,15-,16+,17+,18?,19?,21+,22+,23+/m1/s1. The number of hydrogen-bond acceptors (Lipinski definition) is 6. The molecule has 0 aromatic rings. The highest BCUT2D eigenvalue weighted by atomic mass is 16.6. The molecule has 5 aliphatic rings. The van der Waals surface area contributed by atoms with Crippen LogP contribution in [0.25, 0.3) is 0 Å². The first kappa shape index (κ1) is 20.5. The Morgan fingerprint density at radius 2 is 1.93 bits per heavy atom. The maximum atomic E-state index is 12.0. The summed E-state index contributed by atoms with van der Waals surface area (Å²) in [4.78, 5) is 34.3. The quantitative estimate of drug-likeness (QED) is 0.494. The molecule has 0 aromatic carbocycles. The van der Waals surface area contributed by atoms with Crippen molar-refractivity contribution in [3.05, 3.63) is 9.81 Å². The van der Waals surface area contributed by atoms with Gasteiger partial charge in [0.05, 0.1) is 18.2 Å². The molecule has 1 N–H and O–H groups in total. The molecule has 1 heterocycles. The molecule has 30 heavy (non-hydrogen) atoms. The summed E-state index contributed by atoms with van der Waals surface area (Å²) >= 11 is 0. The molecule has 1 saturated heterocycles. The molecular formula is C23H34N2O5. The summed E-state index contributed by atoms with van der Waals surface area (Å²) in [5.74, 6) is 1.36. The molecule has 4 saturated carbocycles. The fourth-order valence-electron chi connectivity index (χ4n) is 8.78. The van der Waals surface area contributed by atoms with Gasteiger partial charge in [-0.3, -0.25) is 4.79 Å². The number of carboxylic acid groups (broad SMARTS) is 1. The molecule has 1 spiro atoms. The van der Waals surface area contributed by atoms with Gasteiger partial charge in [-0.05, 0) is 92.3 Å². The number of nitroso groups, excluding NO2 is 2. The Labute approximate surface area is 177 Å². The lowest BCUT2D eigenvalue weighted by atomic mass is 9.45. The zero-order valence-electron chi connectivity index (χ0n) is 18.0. The van der Waals surface area contributed by atoms with Crippen molar-refractivity contribution in [1.82, 2.24) is 0 Å². The van der Waals surface area contributed by atoms with Crippen LogP contribution in [0.4, 0.5) is 0 Å². The molecule has 0 aromatic heterocycles. The van der Waals surface area contributed by atoms with E-state index in [-0.39, 0.29) is 41.5 Å². The van der Waals surface area contributed by atoms with E-state index >= 15 is 0 Å². The van der Waals surface area contributed by atoms with Crippen LogP contribution < -0.4 is 0 Å². The van der Waals surface area contributed by atoms with E-state index in [0.717, 1.165) is 44.9 Å². The minimum Gasteiger partial charge on any atom is -0.481 e. The smallest absolute Gasteiger partial charge is 0.303 e. The van der Waals surface area contributed by atoms with Crippen molar-refractivity contribution in [2.75, 3.05) is 0 Å². The number of aliphatic carboxylic acids is 1. The molecular weight excluding hydrogens is 384 g/mol. The Morgan fingerprint density at radius 1 is 1.13 bits per heavy atom. The maximum Gasteiger partial charge on any atom is 0.303 e. The Balaban J connectivity index is 1.41. The SMILES string of the molecule is C[C@H](CCC(=O)O)[C@H]1CC[C@H]2[C@@H]3C(N=O)C[C@@H]4CC(N=O)CC[C@]4(C)[C@H]3CC3O[C@@]312. The van der Waals surface area contributed by atoms with Gasteiger partial charge in [-0.15, -0.1) is 0 Å². The molecule has 0 radical (unpaired) electrons. The van der Waals surface area contributed by atoms with Crippen LogP contribution in [-0.2, 0) is 9.53 Å². The third-order valence-corrected chi connectivity index (χ3v) is 10.2. The van der Waals surface area contributed by atoms with Gasteiger partial charge in [0.15, 0.2) is 0 Å². The van der Waals surface area contributed by atoms with E-state index in [4.69, 9.17) is 9.84 Å². The number of ether oxygens (including phenoxy) is 1. The lowest BCUT2D eigenvalue weighted by Gasteiger charge is -2.58. The summed E-state index contributed by atoms with van der Waals surface area (Å²) < 4.78 is 6.52. The maximum absolute atomic E-state index is 12.0. The van der Waals surface area contributed by atoms with E-state index in [2.05, 4.69) is 24.2 Å². The van der Waals surface area contributed by atoms with E-state index in [1.807, 2.05) is 0 Å². The first-order chi connectivity index (χ1) is 14.3. The van der Waals surface area contributed by atoms with E-state index in [0.29, 0.717) is 36.0 Å². The number of hydrogen-bond donors (Lipinski definition) is 1. The van der Waals surface area contributed by atoms with Crippen LogP contribution in [0.2, 0.25) is 0 Å². The molecule has 5 fully saturated rings. The Bertz CT molecular complexity index is 745. The number of carboxylic acids is 1. The minimum atomic E-state index is -0.734. The average Bonchev–Trinajstić information content (AvgIpc) is 3.33. The van der Waals surface area contributed by atoms with E-state index in [1.165, 1.54) is 0 Å². The topological polar surface area (TPSA) is 109 Å². The van der Waals surface area contributed by atoms with Crippen molar-refractivity contribution in [1.29, 1.82) is 0 Å².